The number of aromatic nitrogens is 3. The van der Waals surface area contributed by atoms with Gasteiger partial charge in [-0.25, -0.2) is 4.98 Å². The van der Waals surface area contributed by atoms with Crippen LogP contribution in [0.2, 0.25) is 0 Å². The minimum absolute atomic E-state index is 0.0697. The summed E-state index contributed by atoms with van der Waals surface area (Å²) in [6.07, 6.45) is 1.68. The maximum atomic E-state index is 13.1. The Morgan fingerprint density at radius 1 is 1.21 bits per heavy atom. The number of carbonyl (C=O) groups excluding carboxylic acids is 1. The summed E-state index contributed by atoms with van der Waals surface area (Å²) in [5.41, 5.74) is 1.93. The van der Waals surface area contributed by atoms with E-state index in [0.717, 1.165) is 25.2 Å². The van der Waals surface area contributed by atoms with E-state index in [-0.39, 0.29) is 22.5 Å². The molecule has 0 spiro atoms. The van der Waals surface area contributed by atoms with Crippen LogP contribution in [0.4, 0.5) is 0 Å². The first-order chi connectivity index (χ1) is 13.4. The summed E-state index contributed by atoms with van der Waals surface area (Å²) < 4.78 is 3.02. The highest BCUT2D eigenvalue weighted by Crippen LogP contribution is 2.13. The van der Waals surface area contributed by atoms with Crippen molar-refractivity contribution in [3.05, 3.63) is 51.4 Å². The zero-order valence-corrected chi connectivity index (χ0v) is 16.4. The Hall–Kier alpha value is -3.00. The van der Waals surface area contributed by atoms with Crippen molar-refractivity contribution < 1.29 is 4.79 Å². The van der Waals surface area contributed by atoms with Gasteiger partial charge in [-0.1, -0.05) is 13.0 Å². The van der Waals surface area contributed by atoms with E-state index in [1.165, 1.54) is 15.0 Å². The first kappa shape index (κ1) is 18.4. The molecule has 4 rings (SSSR count). The molecule has 146 valence electrons. The molecule has 0 unspecified atom stereocenters. The lowest BCUT2D eigenvalue weighted by molar-refractivity contribution is 0.0640. The number of carbonyl (C=O) groups is 1. The fraction of sp³-hybridized carbons (Fsp3) is 0.400. The number of hydrogen-bond donors (Lipinski definition) is 1. The van der Waals surface area contributed by atoms with Crippen LogP contribution in [-0.2, 0) is 7.05 Å². The highest BCUT2D eigenvalue weighted by Gasteiger charge is 2.24. The normalized spacial score (nSPS) is 15.5. The molecule has 3 aromatic rings. The van der Waals surface area contributed by atoms with Crippen molar-refractivity contribution >= 4 is 22.6 Å². The molecule has 4 heterocycles. The number of fused-ring (bicyclic) bond motifs is 2. The largest absolute Gasteiger partial charge is 0.336 e. The quantitative estimate of drug-likeness (QED) is 0.665. The Kier molecular flexibility index (Phi) is 4.50. The third-order valence-electron chi connectivity index (χ3n) is 5.60. The minimum atomic E-state index is -0.232. The predicted molar refractivity (Wildman–Crippen MR) is 107 cm³/mol. The maximum absolute atomic E-state index is 13.1. The van der Waals surface area contributed by atoms with E-state index >= 15 is 0 Å². The number of hydrogen-bond acceptors (Lipinski definition) is 5. The monoisotopic (exact) mass is 380 g/mol. The van der Waals surface area contributed by atoms with Crippen molar-refractivity contribution in [3.8, 4) is 0 Å². The number of nitrogens with one attached hydrogen (secondary N) is 1. The van der Waals surface area contributed by atoms with Crippen molar-refractivity contribution in [3.63, 3.8) is 0 Å². The molecule has 0 atom stereocenters. The lowest BCUT2D eigenvalue weighted by atomic mass is 10.1. The van der Waals surface area contributed by atoms with Gasteiger partial charge in [0.25, 0.3) is 11.5 Å². The van der Waals surface area contributed by atoms with E-state index in [4.69, 9.17) is 5.41 Å². The minimum Gasteiger partial charge on any atom is -0.336 e. The van der Waals surface area contributed by atoms with Gasteiger partial charge in [0, 0.05) is 39.4 Å². The number of nitrogens with zero attached hydrogens (tertiary/aromatic N) is 5. The van der Waals surface area contributed by atoms with Gasteiger partial charge < -0.3 is 14.4 Å². The molecule has 0 saturated carbocycles. The molecule has 0 aromatic carbocycles. The Balaban J connectivity index is 1.87. The number of pyridine rings is 2. The molecule has 1 aliphatic rings. The van der Waals surface area contributed by atoms with Crippen LogP contribution in [0.5, 0.6) is 0 Å². The van der Waals surface area contributed by atoms with Crippen LogP contribution in [-0.4, -0.2) is 62.4 Å². The lowest BCUT2D eigenvalue weighted by Crippen LogP contribution is -2.49. The van der Waals surface area contributed by atoms with Crippen molar-refractivity contribution in [1.82, 2.24) is 23.8 Å². The molecule has 28 heavy (non-hydrogen) atoms. The Morgan fingerprint density at radius 2 is 1.93 bits per heavy atom. The Morgan fingerprint density at radius 3 is 2.61 bits per heavy atom. The Bertz CT molecular complexity index is 1200. The van der Waals surface area contributed by atoms with Gasteiger partial charge >= 0.3 is 0 Å². The van der Waals surface area contributed by atoms with Crippen LogP contribution >= 0.6 is 0 Å². The van der Waals surface area contributed by atoms with Gasteiger partial charge in [-0.15, -0.1) is 0 Å². The molecule has 0 aliphatic carbocycles. The highest BCUT2D eigenvalue weighted by molar-refractivity contribution is 5.97. The van der Waals surface area contributed by atoms with Crippen LogP contribution in [0.15, 0.2) is 29.2 Å². The van der Waals surface area contributed by atoms with E-state index in [2.05, 4.69) is 16.8 Å². The molecular weight excluding hydrogens is 356 g/mol. The van der Waals surface area contributed by atoms with Crippen LogP contribution in [0, 0.1) is 12.3 Å². The second-order valence-corrected chi connectivity index (χ2v) is 7.23. The van der Waals surface area contributed by atoms with Gasteiger partial charge in [-0.05, 0) is 31.2 Å². The van der Waals surface area contributed by atoms with Gasteiger partial charge in [0.2, 0.25) is 0 Å². The van der Waals surface area contributed by atoms with E-state index in [9.17, 15) is 9.59 Å². The first-order valence-electron chi connectivity index (χ1n) is 9.50. The summed E-state index contributed by atoms with van der Waals surface area (Å²) in [7, 11) is 1.68. The van der Waals surface area contributed by atoms with Crippen molar-refractivity contribution in [2.24, 2.45) is 7.05 Å². The average molecular weight is 380 g/mol. The first-order valence-corrected chi connectivity index (χ1v) is 9.50. The smallest absolute Gasteiger partial charge is 0.267 e. The van der Waals surface area contributed by atoms with Crippen LogP contribution in [0.25, 0.3) is 16.7 Å². The zero-order chi connectivity index (χ0) is 20.0. The van der Waals surface area contributed by atoms with Crippen molar-refractivity contribution in [1.29, 1.82) is 5.41 Å². The molecule has 1 fully saturated rings. The summed E-state index contributed by atoms with van der Waals surface area (Å²) in [4.78, 5) is 34.8. The molecular formula is C20H24N6O2. The fourth-order valence-corrected chi connectivity index (χ4v) is 3.78. The Labute approximate surface area is 162 Å². The second-order valence-electron chi connectivity index (χ2n) is 7.23. The summed E-state index contributed by atoms with van der Waals surface area (Å²) in [6, 6.07) is 5.23. The molecule has 8 heteroatoms. The van der Waals surface area contributed by atoms with Crippen molar-refractivity contribution in [2.45, 2.75) is 13.8 Å². The van der Waals surface area contributed by atoms with Gasteiger partial charge in [-0.3, -0.25) is 19.4 Å². The number of amides is 1. The van der Waals surface area contributed by atoms with Gasteiger partial charge in [0.15, 0.2) is 0 Å². The van der Waals surface area contributed by atoms with E-state index in [0.29, 0.717) is 29.8 Å². The summed E-state index contributed by atoms with van der Waals surface area (Å²) in [6.45, 7) is 7.86. The molecule has 1 N–H and O–H groups in total. The molecule has 1 aliphatic heterocycles. The lowest BCUT2D eigenvalue weighted by Gasteiger charge is -2.34. The fourth-order valence-electron chi connectivity index (χ4n) is 3.78. The van der Waals surface area contributed by atoms with E-state index in [1.807, 2.05) is 13.0 Å². The summed E-state index contributed by atoms with van der Waals surface area (Å²) in [5, 5.41) is 8.84. The van der Waals surface area contributed by atoms with Crippen molar-refractivity contribution in [2.75, 3.05) is 32.7 Å². The highest BCUT2D eigenvalue weighted by atomic mass is 16.2. The van der Waals surface area contributed by atoms with Gasteiger partial charge in [0.05, 0.1) is 10.9 Å². The molecule has 3 aromatic heterocycles. The molecule has 1 amide bonds. The molecule has 0 radical (unpaired) electrons. The van der Waals surface area contributed by atoms with E-state index < -0.39 is 0 Å². The molecule has 0 bridgehead atoms. The maximum Gasteiger partial charge on any atom is 0.267 e. The standard InChI is InChI=1S/C20H24N6O2/c1-4-24-8-10-25(11-9-24)19(27)14-12-15-18(23(3)16(14)21)22-17-13(2)6-5-7-26(17)20(15)28/h5-7,12,21H,4,8-11H2,1-3H3. The predicted octanol–water partition coefficient (Wildman–Crippen LogP) is 0.752. The number of aryl methyl sites for hydroxylation is 2. The summed E-state index contributed by atoms with van der Waals surface area (Å²) >= 11 is 0. The zero-order valence-electron chi connectivity index (χ0n) is 16.4. The van der Waals surface area contributed by atoms with Gasteiger partial charge in [-0.2, -0.15) is 0 Å². The topological polar surface area (TPSA) is 86.7 Å². The molecule has 8 nitrogen and oxygen atoms in total. The third-order valence-corrected chi connectivity index (χ3v) is 5.60. The number of likely N-dealkylation sites (N-methyl/N-ethyl adjacent to an activating group) is 1. The number of piperazine rings is 1. The molecule has 1 saturated heterocycles. The van der Waals surface area contributed by atoms with Crippen LogP contribution in [0.1, 0.15) is 22.8 Å². The number of rotatable bonds is 2. The third kappa shape index (κ3) is 2.80. The SMILES string of the molecule is CCN1CCN(C(=O)c2cc3c(=O)n4cccc(C)c4nc3n(C)c2=N)CC1. The summed E-state index contributed by atoms with van der Waals surface area (Å²) in [5.74, 6) is -0.202. The van der Waals surface area contributed by atoms with Gasteiger partial charge in [0.1, 0.15) is 16.8 Å². The van der Waals surface area contributed by atoms with E-state index in [1.54, 1.807) is 24.2 Å². The van der Waals surface area contributed by atoms with Crippen LogP contribution < -0.4 is 11.0 Å². The second kappa shape index (κ2) is 6.87. The van der Waals surface area contributed by atoms with Crippen LogP contribution in [0.3, 0.4) is 0 Å². The average Bonchev–Trinajstić information content (AvgIpc) is 2.71.